The molecule has 2 atom stereocenters. The number of allylic oxidation sites excluding steroid dienone is 10. The Hall–Kier alpha value is -2.29. The highest BCUT2D eigenvalue weighted by Gasteiger charge is 2.25. The molecular weight excluding hydrogens is 605 g/mol. The minimum atomic E-state index is -4.38. The van der Waals surface area contributed by atoms with Crippen LogP contribution in [-0.4, -0.2) is 49.3 Å². The Balaban J connectivity index is 4.38. The molecule has 46 heavy (non-hydrogen) atoms. The van der Waals surface area contributed by atoms with Gasteiger partial charge in [-0.05, 0) is 51.4 Å². The van der Waals surface area contributed by atoms with Gasteiger partial charge >= 0.3 is 19.8 Å². The van der Waals surface area contributed by atoms with Crippen LogP contribution >= 0.6 is 7.82 Å². The minimum Gasteiger partial charge on any atom is -0.462 e. The van der Waals surface area contributed by atoms with Gasteiger partial charge in [0.1, 0.15) is 6.61 Å². The third kappa shape index (κ3) is 31.7. The van der Waals surface area contributed by atoms with E-state index in [1.165, 1.54) is 32.1 Å². The standard InChI is InChI=1S/C36H62NO8P/c1-3-5-7-9-11-13-14-15-16-17-18-19-20-21-23-25-27-29-36(39)45-34(33-44-46(40,41)43-31-30-37)32-42-35(38)28-26-24-22-12-10-8-6-4-2/h5,7,11,13,15-16,18-19,21,23,34H,3-4,6,8-10,12,14,17,20,22,24-33,37H2,1-2H3,(H,40,41)/b7-5+,13-11+,16-15+,19-18+,23-21+/t34-/m1/s1. The SMILES string of the molecule is CC/C=C/C/C=C/C/C=C/C/C=C/C/C=C/CCCC(=O)O[C@H](COC(=O)CCCCCCCCCC)COP(=O)(O)OCCN. The number of hydrogen-bond acceptors (Lipinski definition) is 8. The van der Waals surface area contributed by atoms with E-state index in [1.807, 2.05) is 6.08 Å². The zero-order valence-electron chi connectivity index (χ0n) is 28.5. The van der Waals surface area contributed by atoms with Crippen LogP contribution in [0, 0.1) is 0 Å². The molecule has 0 fully saturated rings. The Morgan fingerprint density at radius 3 is 1.76 bits per heavy atom. The summed E-state index contributed by atoms with van der Waals surface area (Å²) in [6, 6.07) is 0. The molecule has 0 amide bonds. The minimum absolute atomic E-state index is 0.0422. The fraction of sp³-hybridized carbons (Fsp3) is 0.667. The van der Waals surface area contributed by atoms with Crippen molar-refractivity contribution in [2.24, 2.45) is 5.73 Å². The molecule has 0 bridgehead atoms. The fourth-order valence-corrected chi connectivity index (χ4v) is 4.90. The third-order valence-corrected chi connectivity index (χ3v) is 7.65. The first-order chi connectivity index (χ1) is 22.3. The molecule has 0 aromatic rings. The molecule has 264 valence electrons. The number of carbonyl (C=O) groups excluding carboxylic acids is 2. The molecule has 9 nitrogen and oxygen atoms in total. The van der Waals surface area contributed by atoms with Gasteiger partial charge in [0.05, 0.1) is 13.2 Å². The largest absolute Gasteiger partial charge is 0.472 e. The highest BCUT2D eigenvalue weighted by atomic mass is 31.2. The number of phosphoric acid groups is 1. The molecular formula is C36H62NO8P. The molecule has 0 aliphatic carbocycles. The van der Waals surface area contributed by atoms with Crippen molar-refractivity contribution in [3.05, 3.63) is 60.8 Å². The Morgan fingerprint density at radius 2 is 1.20 bits per heavy atom. The number of rotatable bonds is 31. The van der Waals surface area contributed by atoms with Gasteiger partial charge in [0.2, 0.25) is 0 Å². The van der Waals surface area contributed by atoms with Gasteiger partial charge in [-0.25, -0.2) is 4.57 Å². The molecule has 0 aromatic carbocycles. The van der Waals surface area contributed by atoms with Crippen molar-refractivity contribution < 1.29 is 37.6 Å². The van der Waals surface area contributed by atoms with E-state index in [0.29, 0.717) is 12.8 Å². The van der Waals surface area contributed by atoms with Gasteiger partial charge in [0.25, 0.3) is 0 Å². The summed E-state index contributed by atoms with van der Waals surface area (Å²) in [5.74, 6) is -0.910. The van der Waals surface area contributed by atoms with Crippen molar-refractivity contribution in [2.45, 2.75) is 129 Å². The van der Waals surface area contributed by atoms with Crippen LogP contribution in [0.5, 0.6) is 0 Å². The summed E-state index contributed by atoms with van der Waals surface area (Å²) in [5.41, 5.74) is 5.31. The zero-order valence-corrected chi connectivity index (χ0v) is 29.4. The molecule has 0 saturated heterocycles. The Kier molecular flexibility index (Phi) is 31.0. The summed E-state index contributed by atoms with van der Waals surface area (Å²) in [5, 5.41) is 0. The summed E-state index contributed by atoms with van der Waals surface area (Å²) in [6.07, 6.45) is 35.6. The van der Waals surface area contributed by atoms with E-state index < -0.39 is 32.5 Å². The maximum Gasteiger partial charge on any atom is 0.472 e. The summed E-state index contributed by atoms with van der Waals surface area (Å²) < 4.78 is 32.4. The van der Waals surface area contributed by atoms with Crippen LogP contribution < -0.4 is 5.73 Å². The Bertz CT molecular complexity index is 944. The zero-order chi connectivity index (χ0) is 34.0. The van der Waals surface area contributed by atoms with E-state index in [9.17, 15) is 19.0 Å². The van der Waals surface area contributed by atoms with Crippen molar-refractivity contribution in [3.8, 4) is 0 Å². The van der Waals surface area contributed by atoms with Crippen molar-refractivity contribution in [2.75, 3.05) is 26.4 Å². The number of esters is 2. The summed E-state index contributed by atoms with van der Waals surface area (Å²) >= 11 is 0. The lowest BCUT2D eigenvalue weighted by molar-refractivity contribution is -0.161. The molecule has 1 unspecified atom stereocenters. The van der Waals surface area contributed by atoms with Crippen molar-refractivity contribution in [1.82, 2.24) is 0 Å². The monoisotopic (exact) mass is 667 g/mol. The number of hydrogen-bond donors (Lipinski definition) is 2. The van der Waals surface area contributed by atoms with Gasteiger partial charge < -0.3 is 20.1 Å². The molecule has 0 spiro atoms. The van der Waals surface area contributed by atoms with Crippen molar-refractivity contribution in [1.29, 1.82) is 0 Å². The highest BCUT2D eigenvalue weighted by Crippen LogP contribution is 2.43. The van der Waals surface area contributed by atoms with Gasteiger partial charge in [0.15, 0.2) is 6.10 Å². The average molecular weight is 668 g/mol. The molecule has 0 radical (unpaired) electrons. The smallest absolute Gasteiger partial charge is 0.462 e. The van der Waals surface area contributed by atoms with Crippen LogP contribution in [0.3, 0.4) is 0 Å². The van der Waals surface area contributed by atoms with Crippen LogP contribution in [-0.2, 0) is 32.7 Å². The second kappa shape index (κ2) is 32.6. The number of unbranched alkanes of at least 4 members (excludes halogenated alkanes) is 8. The Labute approximate surface area is 279 Å². The molecule has 0 aromatic heterocycles. The number of carbonyl (C=O) groups is 2. The predicted molar refractivity (Wildman–Crippen MR) is 187 cm³/mol. The van der Waals surface area contributed by atoms with E-state index in [0.717, 1.165) is 51.4 Å². The molecule has 3 N–H and O–H groups in total. The lowest BCUT2D eigenvalue weighted by Gasteiger charge is -2.19. The van der Waals surface area contributed by atoms with Gasteiger partial charge in [-0.1, -0.05) is 120 Å². The van der Waals surface area contributed by atoms with E-state index in [4.69, 9.17) is 24.3 Å². The van der Waals surface area contributed by atoms with Crippen molar-refractivity contribution in [3.63, 3.8) is 0 Å². The second-order valence-corrected chi connectivity index (χ2v) is 12.5. The normalized spacial score (nSPS) is 14.3. The van der Waals surface area contributed by atoms with Crippen LogP contribution in [0.4, 0.5) is 0 Å². The molecule has 10 heteroatoms. The molecule has 0 saturated carbocycles. The fourth-order valence-electron chi connectivity index (χ4n) is 4.14. The average Bonchev–Trinajstić information content (AvgIpc) is 3.04. The highest BCUT2D eigenvalue weighted by molar-refractivity contribution is 7.47. The maximum atomic E-state index is 12.4. The Morgan fingerprint density at radius 1 is 0.674 bits per heavy atom. The predicted octanol–water partition coefficient (Wildman–Crippen LogP) is 8.99. The van der Waals surface area contributed by atoms with Gasteiger partial charge in [-0.15, -0.1) is 0 Å². The number of phosphoric ester groups is 1. The van der Waals surface area contributed by atoms with Crippen LogP contribution in [0.1, 0.15) is 123 Å². The molecule has 0 aliphatic rings. The topological polar surface area (TPSA) is 134 Å². The molecule has 0 heterocycles. The first-order valence-electron chi connectivity index (χ1n) is 17.3. The molecule has 0 rings (SSSR count). The lowest BCUT2D eigenvalue weighted by Crippen LogP contribution is -2.29. The van der Waals surface area contributed by atoms with Crippen molar-refractivity contribution >= 4 is 19.8 Å². The maximum absolute atomic E-state index is 12.4. The first kappa shape index (κ1) is 43.7. The lowest BCUT2D eigenvalue weighted by atomic mass is 10.1. The van der Waals surface area contributed by atoms with Gasteiger partial charge in [0, 0.05) is 19.4 Å². The second-order valence-electron chi connectivity index (χ2n) is 11.0. The summed E-state index contributed by atoms with van der Waals surface area (Å²) in [7, 11) is -4.38. The summed E-state index contributed by atoms with van der Waals surface area (Å²) in [4.78, 5) is 34.5. The third-order valence-electron chi connectivity index (χ3n) is 6.67. The van der Waals surface area contributed by atoms with E-state index in [2.05, 4.69) is 68.5 Å². The van der Waals surface area contributed by atoms with Crippen LogP contribution in [0.25, 0.3) is 0 Å². The summed E-state index contributed by atoms with van der Waals surface area (Å²) in [6.45, 7) is 3.47. The number of nitrogens with two attached hydrogens (primary N) is 1. The van der Waals surface area contributed by atoms with Crippen LogP contribution in [0.15, 0.2) is 60.8 Å². The van der Waals surface area contributed by atoms with Gasteiger partial charge in [-0.3, -0.25) is 18.6 Å². The van der Waals surface area contributed by atoms with E-state index in [-0.39, 0.29) is 32.6 Å². The first-order valence-corrected chi connectivity index (χ1v) is 18.8. The van der Waals surface area contributed by atoms with Crippen LogP contribution in [0.2, 0.25) is 0 Å². The number of ether oxygens (including phenoxy) is 2. The van der Waals surface area contributed by atoms with E-state index >= 15 is 0 Å². The van der Waals surface area contributed by atoms with Gasteiger partial charge in [-0.2, -0.15) is 0 Å². The van der Waals surface area contributed by atoms with E-state index in [1.54, 1.807) is 0 Å². The quantitative estimate of drug-likeness (QED) is 0.0321. The molecule has 0 aliphatic heterocycles.